The van der Waals surface area contributed by atoms with Crippen molar-refractivity contribution in [3.8, 4) is 0 Å². The minimum absolute atomic E-state index is 0.354. The van der Waals surface area contributed by atoms with Crippen LogP contribution in [0.15, 0.2) is 12.5 Å². The van der Waals surface area contributed by atoms with E-state index in [-0.39, 0.29) is 0 Å². The summed E-state index contributed by atoms with van der Waals surface area (Å²) in [7, 11) is 2.08. The lowest BCUT2D eigenvalue weighted by molar-refractivity contribution is 0.294. The van der Waals surface area contributed by atoms with E-state index in [1.165, 1.54) is 25.0 Å². The summed E-state index contributed by atoms with van der Waals surface area (Å²) in [5.74, 6) is 1.40. The first-order valence-electron chi connectivity index (χ1n) is 5.82. The van der Waals surface area contributed by atoms with Crippen LogP contribution in [-0.2, 0) is 7.05 Å². The predicted molar refractivity (Wildman–Crippen MR) is 63.2 cm³/mol. The summed E-state index contributed by atoms with van der Waals surface area (Å²) < 4.78 is 2.14. The van der Waals surface area contributed by atoms with E-state index in [0.717, 1.165) is 12.3 Å². The summed E-state index contributed by atoms with van der Waals surface area (Å²) in [6.07, 6.45) is 8.69. The maximum Gasteiger partial charge on any atom is 0.0945 e. The molecule has 1 aromatic heterocycles. The molecular formula is C12H19ClN2. The Morgan fingerprint density at radius 3 is 2.93 bits per heavy atom. The van der Waals surface area contributed by atoms with Crippen LogP contribution < -0.4 is 0 Å². The Labute approximate surface area is 96.7 Å². The van der Waals surface area contributed by atoms with Gasteiger partial charge >= 0.3 is 0 Å². The summed E-state index contributed by atoms with van der Waals surface area (Å²) in [6.45, 7) is 2.28. The molecule has 15 heavy (non-hydrogen) atoms. The van der Waals surface area contributed by atoms with E-state index in [0.29, 0.717) is 11.3 Å². The smallest absolute Gasteiger partial charge is 0.0945 e. The highest BCUT2D eigenvalue weighted by molar-refractivity contribution is 6.20. The molecule has 0 saturated heterocycles. The van der Waals surface area contributed by atoms with Gasteiger partial charge in [-0.1, -0.05) is 13.3 Å². The fraction of sp³-hybridized carbons (Fsp3) is 0.750. The lowest BCUT2D eigenvalue weighted by Gasteiger charge is -2.33. The van der Waals surface area contributed by atoms with Gasteiger partial charge < -0.3 is 4.57 Å². The lowest BCUT2D eigenvalue weighted by atomic mass is 9.76. The average Bonchev–Trinajstić information content (AvgIpc) is 2.64. The van der Waals surface area contributed by atoms with Gasteiger partial charge in [0, 0.05) is 30.2 Å². The van der Waals surface area contributed by atoms with Crippen molar-refractivity contribution in [1.29, 1.82) is 0 Å². The first-order valence-corrected chi connectivity index (χ1v) is 6.26. The third kappa shape index (κ3) is 2.20. The van der Waals surface area contributed by atoms with E-state index in [9.17, 15) is 0 Å². The Bertz CT molecular complexity index is 321. The highest BCUT2D eigenvalue weighted by atomic mass is 35.5. The minimum atomic E-state index is 0.354. The summed E-state index contributed by atoms with van der Waals surface area (Å²) in [5, 5.41) is 0.354. The van der Waals surface area contributed by atoms with Gasteiger partial charge in [0.15, 0.2) is 0 Å². The molecule has 3 heteroatoms. The Kier molecular flexibility index (Phi) is 3.35. The van der Waals surface area contributed by atoms with Crippen LogP contribution in [0, 0.1) is 5.92 Å². The third-order valence-corrected chi connectivity index (χ3v) is 4.08. The number of rotatable bonds is 2. The number of alkyl halides is 1. The first kappa shape index (κ1) is 11.0. The predicted octanol–water partition coefficient (Wildman–Crippen LogP) is 3.32. The molecule has 1 aliphatic rings. The standard InChI is InChI=1S/C12H19ClN2/c1-3-9-4-5-10(13)6-11(9)12-7-14-8-15(12)2/h7-11H,3-6H2,1-2H3. The third-order valence-electron chi connectivity index (χ3n) is 3.69. The van der Waals surface area contributed by atoms with Gasteiger partial charge in [-0.05, 0) is 25.2 Å². The highest BCUT2D eigenvalue weighted by Crippen LogP contribution is 2.40. The SMILES string of the molecule is CCC1CCC(Cl)CC1c1cncn1C. The Morgan fingerprint density at radius 1 is 1.53 bits per heavy atom. The molecule has 0 radical (unpaired) electrons. The maximum absolute atomic E-state index is 6.27. The second kappa shape index (κ2) is 4.56. The van der Waals surface area contributed by atoms with Crippen molar-refractivity contribution in [3.05, 3.63) is 18.2 Å². The molecule has 0 aliphatic heterocycles. The molecule has 0 N–H and O–H groups in total. The molecule has 0 bridgehead atoms. The maximum atomic E-state index is 6.27. The van der Waals surface area contributed by atoms with Gasteiger partial charge in [-0.25, -0.2) is 4.98 Å². The van der Waals surface area contributed by atoms with Crippen molar-refractivity contribution in [2.75, 3.05) is 0 Å². The molecule has 1 aliphatic carbocycles. The quantitative estimate of drug-likeness (QED) is 0.708. The van der Waals surface area contributed by atoms with Gasteiger partial charge in [-0.3, -0.25) is 0 Å². The zero-order chi connectivity index (χ0) is 10.8. The van der Waals surface area contributed by atoms with Crippen LogP contribution in [0.1, 0.15) is 44.2 Å². The van der Waals surface area contributed by atoms with Crippen molar-refractivity contribution in [1.82, 2.24) is 9.55 Å². The Morgan fingerprint density at radius 2 is 2.33 bits per heavy atom. The number of aromatic nitrogens is 2. The molecular weight excluding hydrogens is 208 g/mol. The summed E-state index contributed by atoms with van der Waals surface area (Å²) >= 11 is 6.27. The fourth-order valence-electron chi connectivity index (χ4n) is 2.76. The van der Waals surface area contributed by atoms with Crippen LogP contribution in [0.4, 0.5) is 0 Å². The van der Waals surface area contributed by atoms with Crippen molar-refractivity contribution >= 4 is 11.6 Å². The van der Waals surface area contributed by atoms with Crippen LogP contribution in [0.5, 0.6) is 0 Å². The highest BCUT2D eigenvalue weighted by Gasteiger charge is 2.31. The molecule has 1 aromatic rings. The zero-order valence-corrected chi connectivity index (χ0v) is 10.2. The van der Waals surface area contributed by atoms with E-state index in [2.05, 4.69) is 23.5 Å². The summed E-state index contributed by atoms with van der Waals surface area (Å²) in [5.41, 5.74) is 1.35. The van der Waals surface area contributed by atoms with E-state index >= 15 is 0 Å². The molecule has 0 spiro atoms. The molecule has 2 rings (SSSR count). The van der Waals surface area contributed by atoms with Gasteiger partial charge in [-0.15, -0.1) is 11.6 Å². The fourth-order valence-corrected chi connectivity index (χ4v) is 3.08. The lowest BCUT2D eigenvalue weighted by Crippen LogP contribution is -2.24. The van der Waals surface area contributed by atoms with Crippen LogP contribution >= 0.6 is 11.6 Å². The normalized spacial score (nSPS) is 31.8. The molecule has 1 fully saturated rings. The zero-order valence-electron chi connectivity index (χ0n) is 9.49. The average molecular weight is 227 g/mol. The number of hydrogen-bond acceptors (Lipinski definition) is 1. The van der Waals surface area contributed by atoms with Crippen molar-refractivity contribution < 1.29 is 0 Å². The van der Waals surface area contributed by atoms with Gasteiger partial charge in [0.05, 0.1) is 6.33 Å². The first-order chi connectivity index (χ1) is 7.22. The van der Waals surface area contributed by atoms with Crippen LogP contribution in [0.2, 0.25) is 0 Å². The topological polar surface area (TPSA) is 17.8 Å². The van der Waals surface area contributed by atoms with E-state index < -0.39 is 0 Å². The van der Waals surface area contributed by atoms with E-state index in [1.807, 2.05) is 12.5 Å². The van der Waals surface area contributed by atoms with Gasteiger partial charge in [0.25, 0.3) is 0 Å². The second-order valence-electron chi connectivity index (χ2n) is 4.61. The van der Waals surface area contributed by atoms with Crippen molar-refractivity contribution in [2.24, 2.45) is 13.0 Å². The summed E-state index contributed by atoms with van der Waals surface area (Å²) in [4.78, 5) is 4.21. The summed E-state index contributed by atoms with van der Waals surface area (Å²) in [6, 6.07) is 0. The molecule has 2 nitrogen and oxygen atoms in total. The largest absolute Gasteiger partial charge is 0.337 e. The second-order valence-corrected chi connectivity index (χ2v) is 5.23. The Balaban J connectivity index is 2.20. The molecule has 84 valence electrons. The molecule has 0 aromatic carbocycles. The van der Waals surface area contributed by atoms with Gasteiger partial charge in [0.1, 0.15) is 0 Å². The number of nitrogens with zero attached hydrogens (tertiary/aromatic N) is 2. The number of imidazole rings is 1. The number of halogens is 1. The van der Waals surface area contributed by atoms with Crippen molar-refractivity contribution in [2.45, 2.75) is 43.9 Å². The molecule has 0 amide bonds. The molecule has 1 saturated carbocycles. The number of aryl methyl sites for hydroxylation is 1. The van der Waals surface area contributed by atoms with Crippen LogP contribution in [-0.4, -0.2) is 14.9 Å². The van der Waals surface area contributed by atoms with Crippen molar-refractivity contribution in [3.63, 3.8) is 0 Å². The number of hydrogen-bond donors (Lipinski definition) is 0. The molecule has 1 heterocycles. The Hall–Kier alpha value is -0.500. The minimum Gasteiger partial charge on any atom is -0.337 e. The van der Waals surface area contributed by atoms with E-state index in [1.54, 1.807) is 0 Å². The molecule has 3 unspecified atom stereocenters. The molecule has 3 atom stereocenters. The monoisotopic (exact) mass is 226 g/mol. The van der Waals surface area contributed by atoms with Crippen LogP contribution in [0.25, 0.3) is 0 Å². The van der Waals surface area contributed by atoms with Gasteiger partial charge in [-0.2, -0.15) is 0 Å². The van der Waals surface area contributed by atoms with Gasteiger partial charge in [0.2, 0.25) is 0 Å². The van der Waals surface area contributed by atoms with Crippen LogP contribution in [0.3, 0.4) is 0 Å². The van der Waals surface area contributed by atoms with E-state index in [4.69, 9.17) is 11.6 Å².